The molecule has 0 atom stereocenters. The van der Waals surface area contributed by atoms with Gasteiger partial charge in [0.2, 0.25) is 0 Å². The van der Waals surface area contributed by atoms with Crippen molar-refractivity contribution in [3.05, 3.63) is 29.8 Å². The van der Waals surface area contributed by atoms with Crippen molar-refractivity contribution in [3.8, 4) is 5.75 Å². The Labute approximate surface area is 101 Å². The number of carbonyl (C=O) groups is 1. The average molecular weight is 235 g/mol. The molecule has 1 aromatic carbocycles. The van der Waals surface area contributed by atoms with Crippen molar-refractivity contribution in [1.29, 1.82) is 0 Å². The first-order valence-electron chi connectivity index (χ1n) is 5.46. The minimum atomic E-state index is 0.154. The molecule has 1 aromatic rings. The second kappa shape index (κ2) is 7.44. The molecular formula is C13H17NO3. The summed E-state index contributed by atoms with van der Waals surface area (Å²) in [5.41, 5.74) is 1.13. The normalized spacial score (nSPS) is 10.5. The molecule has 4 nitrogen and oxygen atoms in total. The van der Waals surface area contributed by atoms with Gasteiger partial charge in [-0.25, -0.2) is 0 Å². The van der Waals surface area contributed by atoms with Gasteiger partial charge < -0.3 is 9.57 Å². The maximum absolute atomic E-state index is 11.4. The number of carbonyl (C=O) groups excluding carboxylic acids is 1. The molecule has 92 valence electrons. The molecule has 0 aliphatic rings. The zero-order valence-electron chi connectivity index (χ0n) is 10.2. The summed E-state index contributed by atoms with van der Waals surface area (Å²) in [5.74, 6) is 0.980. The molecular weight excluding hydrogens is 218 g/mol. The zero-order valence-corrected chi connectivity index (χ0v) is 10.2. The first kappa shape index (κ1) is 13.2. The van der Waals surface area contributed by atoms with Crippen molar-refractivity contribution in [2.45, 2.75) is 19.3 Å². The van der Waals surface area contributed by atoms with Crippen LogP contribution in [0.2, 0.25) is 0 Å². The third kappa shape index (κ3) is 5.15. The van der Waals surface area contributed by atoms with Crippen LogP contribution in [0.4, 0.5) is 0 Å². The molecule has 0 aliphatic heterocycles. The van der Waals surface area contributed by atoms with E-state index in [4.69, 9.17) is 4.74 Å². The minimum Gasteiger partial charge on any atom is -0.497 e. The Morgan fingerprint density at radius 2 is 2.00 bits per heavy atom. The lowest BCUT2D eigenvalue weighted by atomic mass is 10.1. The van der Waals surface area contributed by atoms with E-state index < -0.39 is 0 Å². The Balaban J connectivity index is 2.34. The monoisotopic (exact) mass is 235 g/mol. The lowest BCUT2D eigenvalue weighted by Gasteiger charge is -2.02. The lowest BCUT2D eigenvalue weighted by molar-refractivity contribution is -0.117. The Bertz CT molecular complexity index is 371. The fraction of sp³-hybridized carbons (Fsp3) is 0.385. The smallest absolute Gasteiger partial charge is 0.138 e. The molecule has 0 fully saturated rings. The van der Waals surface area contributed by atoms with Crippen molar-refractivity contribution in [2.75, 3.05) is 14.2 Å². The molecule has 0 radical (unpaired) electrons. The van der Waals surface area contributed by atoms with Crippen LogP contribution in [0.15, 0.2) is 29.4 Å². The van der Waals surface area contributed by atoms with E-state index in [9.17, 15) is 4.79 Å². The maximum atomic E-state index is 11.4. The lowest BCUT2D eigenvalue weighted by Crippen LogP contribution is -2.00. The summed E-state index contributed by atoms with van der Waals surface area (Å²) in [6, 6.07) is 7.73. The second-order valence-corrected chi connectivity index (χ2v) is 3.56. The third-order valence-corrected chi connectivity index (χ3v) is 2.35. The largest absolute Gasteiger partial charge is 0.497 e. The van der Waals surface area contributed by atoms with E-state index in [1.807, 2.05) is 24.3 Å². The van der Waals surface area contributed by atoms with Crippen LogP contribution in [0.25, 0.3) is 0 Å². The number of benzene rings is 1. The van der Waals surface area contributed by atoms with E-state index in [1.165, 1.54) is 13.3 Å². The van der Waals surface area contributed by atoms with Crippen LogP contribution >= 0.6 is 0 Å². The number of hydrogen-bond donors (Lipinski definition) is 0. The number of hydrogen-bond acceptors (Lipinski definition) is 4. The van der Waals surface area contributed by atoms with E-state index >= 15 is 0 Å². The van der Waals surface area contributed by atoms with Gasteiger partial charge in [0.05, 0.1) is 13.3 Å². The van der Waals surface area contributed by atoms with Crippen molar-refractivity contribution in [3.63, 3.8) is 0 Å². The van der Waals surface area contributed by atoms with E-state index in [2.05, 4.69) is 9.99 Å². The van der Waals surface area contributed by atoms with Gasteiger partial charge in [-0.05, 0) is 24.1 Å². The summed E-state index contributed by atoms with van der Waals surface area (Å²) in [4.78, 5) is 15.9. The van der Waals surface area contributed by atoms with Gasteiger partial charge in [0.1, 0.15) is 18.6 Å². The molecule has 0 saturated heterocycles. The van der Waals surface area contributed by atoms with Gasteiger partial charge in [-0.1, -0.05) is 17.3 Å². The number of methoxy groups -OCH3 is 1. The molecule has 0 saturated carbocycles. The molecule has 17 heavy (non-hydrogen) atoms. The molecule has 0 unspecified atom stereocenters. The van der Waals surface area contributed by atoms with Crippen LogP contribution < -0.4 is 4.74 Å². The van der Waals surface area contributed by atoms with Gasteiger partial charge >= 0.3 is 0 Å². The van der Waals surface area contributed by atoms with Gasteiger partial charge in [-0.3, -0.25) is 4.79 Å². The first-order chi connectivity index (χ1) is 8.26. The number of rotatable bonds is 7. The standard InChI is InChI=1S/C13H17NO3/c1-16-13-7-4-11(5-8-13)3-6-12(15)9-10-14-17-2/h4-5,7-8,10H,3,6,9H2,1-2H3/b14-10+. The molecule has 0 heterocycles. The van der Waals surface area contributed by atoms with Gasteiger partial charge in [0.25, 0.3) is 0 Å². The Hall–Kier alpha value is -1.84. The van der Waals surface area contributed by atoms with Gasteiger partial charge in [0.15, 0.2) is 0 Å². The molecule has 0 aromatic heterocycles. The van der Waals surface area contributed by atoms with Crippen LogP contribution in [0.3, 0.4) is 0 Å². The minimum absolute atomic E-state index is 0.154. The van der Waals surface area contributed by atoms with E-state index in [1.54, 1.807) is 7.11 Å². The molecule has 1 rings (SSSR count). The number of nitrogens with zero attached hydrogens (tertiary/aromatic N) is 1. The summed E-state index contributed by atoms with van der Waals surface area (Å²) in [7, 11) is 3.09. The highest BCUT2D eigenvalue weighted by molar-refractivity contribution is 5.91. The first-order valence-corrected chi connectivity index (χ1v) is 5.46. The maximum Gasteiger partial charge on any atom is 0.138 e. The van der Waals surface area contributed by atoms with Crippen molar-refractivity contribution in [2.24, 2.45) is 5.16 Å². The van der Waals surface area contributed by atoms with Crippen LogP contribution in [0.5, 0.6) is 5.75 Å². The molecule has 0 spiro atoms. The van der Waals surface area contributed by atoms with E-state index in [0.29, 0.717) is 12.8 Å². The van der Waals surface area contributed by atoms with Gasteiger partial charge in [-0.2, -0.15) is 0 Å². The molecule has 0 amide bonds. The van der Waals surface area contributed by atoms with E-state index in [0.717, 1.165) is 17.7 Å². The molecule has 0 N–H and O–H groups in total. The fourth-order valence-electron chi connectivity index (χ4n) is 1.39. The predicted octanol–water partition coefficient (Wildman–Crippen LogP) is 2.22. The number of Topliss-reactive ketones (excluding diaryl/α,β-unsaturated/α-hetero) is 1. The van der Waals surface area contributed by atoms with Crippen LogP contribution in [-0.4, -0.2) is 26.2 Å². The third-order valence-electron chi connectivity index (χ3n) is 2.35. The summed E-state index contributed by atoms with van der Waals surface area (Å²) >= 11 is 0. The number of oxime groups is 1. The van der Waals surface area contributed by atoms with Crippen LogP contribution in [0.1, 0.15) is 18.4 Å². The topological polar surface area (TPSA) is 47.9 Å². The Morgan fingerprint density at radius 1 is 1.29 bits per heavy atom. The Morgan fingerprint density at radius 3 is 2.59 bits per heavy atom. The van der Waals surface area contributed by atoms with Gasteiger partial charge in [0, 0.05) is 12.8 Å². The number of aryl methyl sites for hydroxylation is 1. The quantitative estimate of drug-likeness (QED) is 0.538. The highest BCUT2D eigenvalue weighted by Crippen LogP contribution is 2.12. The number of ether oxygens (including phenoxy) is 1. The van der Waals surface area contributed by atoms with Crippen molar-refractivity contribution in [1.82, 2.24) is 0 Å². The second-order valence-electron chi connectivity index (χ2n) is 3.56. The molecule has 4 heteroatoms. The summed E-state index contributed by atoms with van der Waals surface area (Å²) in [6.07, 6.45) is 3.06. The van der Waals surface area contributed by atoms with Crippen LogP contribution in [-0.2, 0) is 16.1 Å². The van der Waals surface area contributed by atoms with E-state index in [-0.39, 0.29) is 5.78 Å². The highest BCUT2D eigenvalue weighted by Gasteiger charge is 2.01. The van der Waals surface area contributed by atoms with Crippen LogP contribution in [0, 0.1) is 0 Å². The average Bonchev–Trinajstić information content (AvgIpc) is 2.37. The fourth-order valence-corrected chi connectivity index (χ4v) is 1.39. The van der Waals surface area contributed by atoms with Gasteiger partial charge in [-0.15, -0.1) is 0 Å². The Kier molecular flexibility index (Phi) is 5.79. The van der Waals surface area contributed by atoms with Crippen molar-refractivity contribution >= 4 is 12.0 Å². The summed E-state index contributed by atoms with van der Waals surface area (Å²) < 4.78 is 5.06. The summed E-state index contributed by atoms with van der Waals surface area (Å²) in [6.45, 7) is 0. The highest BCUT2D eigenvalue weighted by atomic mass is 16.6. The molecule has 0 aliphatic carbocycles. The summed E-state index contributed by atoms with van der Waals surface area (Å²) in [5, 5.41) is 3.53. The predicted molar refractivity (Wildman–Crippen MR) is 66.4 cm³/mol. The molecule has 0 bridgehead atoms. The zero-order chi connectivity index (χ0) is 12.5. The SMILES string of the molecule is CO/N=C/CC(=O)CCc1ccc(OC)cc1. The number of ketones is 1. The van der Waals surface area contributed by atoms with Crippen molar-refractivity contribution < 1.29 is 14.4 Å².